The first-order valence-electron chi connectivity index (χ1n) is 11.4. The van der Waals surface area contributed by atoms with E-state index in [-0.39, 0.29) is 22.8 Å². The van der Waals surface area contributed by atoms with Gasteiger partial charge in [-0.15, -0.1) is 0 Å². The number of ketones is 1. The van der Waals surface area contributed by atoms with E-state index < -0.39 is 22.1 Å². The Kier molecular flexibility index (Phi) is 7.68. The van der Waals surface area contributed by atoms with Gasteiger partial charge in [0.05, 0.1) is 23.3 Å². The van der Waals surface area contributed by atoms with E-state index in [2.05, 4.69) is 4.72 Å². The number of hydrogen-bond acceptors (Lipinski definition) is 6. The zero-order chi connectivity index (χ0) is 26.7. The van der Waals surface area contributed by atoms with Crippen LogP contribution in [0.4, 0.5) is 0 Å². The number of esters is 1. The highest BCUT2D eigenvalue weighted by atomic mass is 35.5. The second-order valence-electron chi connectivity index (χ2n) is 8.44. The van der Waals surface area contributed by atoms with E-state index in [0.717, 1.165) is 11.4 Å². The molecule has 37 heavy (non-hydrogen) atoms. The summed E-state index contributed by atoms with van der Waals surface area (Å²) in [6, 6.07) is 17.6. The van der Waals surface area contributed by atoms with Gasteiger partial charge < -0.3 is 13.7 Å². The number of rotatable bonds is 9. The second kappa shape index (κ2) is 10.8. The summed E-state index contributed by atoms with van der Waals surface area (Å²) in [7, 11) is -3.81. The maximum atomic E-state index is 13.1. The van der Waals surface area contributed by atoms with Crippen LogP contribution in [0.3, 0.4) is 0 Å². The largest absolute Gasteiger partial charge is 0.468 e. The van der Waals surface area contributed by atoms with Gasteiger partial charge in [0.15, 0.2) is 6.10 Å². The summed E-state index contributed by atoms with van der Waals surface area (Å²) in [6.45, 7) is 5.21. The van der Waals surface area contributed by atoms with Gasteiger partial charge in [-0.05, 0) is 87.5 Å². The van der Waals surface area contributed by atoms with Crippen LogP contribution in [0.1, 0.15) is 44.8 Å². The van der Waals surface area contributed by atoms with Gasteiger partial charge in [-0.3, -0.25) is 4.79 Å². The lowest BCUT2D eigenvalue weighted by Gasteiger charge is -2.14. The van der Waals surface area contributed by atoms with Crippen molar-refractivity contribution in [3.8, 4) is 5.69 Å². The number of aromatic nitrogens is 1. The summed E-state index contributed by atoms with van der Waals surface area (Å²) in [5.41, 5.74) is 2.98. The Morgan fingerprint density at radius 2 is 1.73 bits per heavy atom. The highest BCUT2D eigenvalue weighted by Gasteiger charge is 2.25. The number of halogens is 1. The fourth-order valence-electron chi connectivity index (χ4n) is 3.93. The van der Waals surface area contributed by atoms with Crippen molar-refractivity contribution in [1.29, 1.82) is 0 Å². The molecule has 1 N–H and O–H groups in total. The Labute approximate surface area is 219 Å². The summed E-state index contributed by atoms with van der Waals surface area (Å²) < 4.78 is 39.9. The molecular formula is C27H25ClN2O6S. The molecule has 8 nitrogen and oxygen atoms in total. The van der Waals surface area contributed by atoms with Gasteiger partial charge in [-0.25, -0.2) is 17.9 Å². The van der Waals surface area contributed by atoms with Crippen molar-refractivity contribution in [2.45, 2.75) is 38.3 Å². The van der Waals surface area contributed by atoms with Crippen molar-refractivity contribution in [2.75, 3.05) is 0 Å². The van der Waals surface area contributed by atoms with Crippen LogP contribution < -0.4 is 4.72 Å². The Morgan fingerprint density at radius 3 is 2.35 bits per heavy atom. The number of nitrogens with zero attached hydrogens (tertiary/aromatic N) is 1. The Balaban J connectivity index is 1.43. The topological polar surface area (TPSA) is 108 Å². The molecule has 4 aromatic rings. The van der Waals surface area contributed by atoms with Gasteiger partial charge in [0.2, 0.25) is 15.8 Å². The van der Waals surface area contributed by atoms with Crippen LogP contribution in [-0.2, 0) is 21.3 Å². The lowest BCUT2D eigenvalue weighted by atomic mass is 10.1. The van der Waals surface area contributed by atoms with E-state index in [1.807, 2.05) is 30.5 Å². The fraction of sp³-hybridized carbons (Fsp3) is 0.185. The van der Waals surface area contributed by atoms with Crippen molar-refractivity contribution in [3.63, 3.8) is 0 Å². The highest BCUT2D eigenvalue weighted by molar-refractivity contribution is 7.89. The number of ether oxygens (including phenoxy) is 1. The SMILES string of the molecule is Cc1cc(C(=O)[C@H](C)OC(=O)c2ccc(S(=O)(=O)NCc3ccco3)cc2)c(C)n1-c1ccc(Cl)cc1. The molecule has 2 aromatic heterocycles. The number of aryl methyl sites for hydroxylation is 1. The summed E-state index contributed by atoms with van der Waals surface area (Å²) in [5.74, 6) is -0.612. The van der Waals surface area contributed by atoms with Gasteiger partial charge in [-0.2, -0.15) is 0 Å². The van der Waals surface area contributed by atoms with Gasteiger partial charge in [0, 0.05) is 27.7 Å². The molecule has 4 rings (SSSR count). The number of carbonyl (C=O) groups is 2. The molecule has 2 aromatic carbocycles. The summed E-state index contributed by atoms with van der Waals surface area (Å²) >= 11 is 5.99. The van der Waals surface area contributed by atoms with Crippen LogP contribution in [0.15, 0.2) is 82.3 Å². The fourth-order valence-corrected chi connectivity index (χ4v) is 5.05. The first-order chi connectivity index (χ1) is 17.6. The van der Waals surface area contributed by atoms with E-state index in [9.17, 15) is 18.0 Å². The normalized spacial score (nSPS) is 12.3. The van der Waals surface area contributed by atoms with Gasteiger partial charge in [-0.1, -0.05) is 11.6 Å². The lowest BCUT2D eigenvalue weighted by Crippen LogP contribution is -2.25. The molecule has 0 amide bonds. The van der Waals surface area contributed by atoms with E-state index in [0.29, 0.717) is 22.0 Å². The molecule has 0 spiro atoms. The highest BCUT2D eigenvalue weighted by Crippen LogP contribution is 2.24. The monoisotopic (exact) mass is 540 g/mol. The average Bonchev–Trinajstić information content (AvgIpc) is 3.50. The second-order valence-corrected chi connectivity index (χ2v) is 10.6. The van der Waals surface area contributed by atoms with E-state index in [1.54, 1.807) is 30.3 Å². The minimum Gasteiger partial charge on any atom is -0.468 e. The third-order valence-electron chi connectivity index (χ3n) is 5.85. The number of sulfonamides is 1. The zero-order valence-electron chi connectivity index (χ0n) is 20.4. The zero-order valence-corrected chi connectivity index (χ0v) is 22.0. The number of nitrogens with one attached hydrogen (secondary N) is 1. The van der Waals surface area contributed by atoms with Crippen LogP contribution in [0, 0.1) is 13.8 Å². The van der Waals surface area contributed by atoms with Crippen LogP contribution in [0.2, 0.25) is 5.02 Å². The third kappa shape index (κ3) is 5.85. The smallest absolute Gasteiger partial charge is 0.338 e. The Bertz CT molecular complexity index is 1520. The predicted octanol–water partition coefficient (Wildman–Crippen LogP) is 5.25. The van der Waals surface area contributed by atoms with Crippen LogP contribution >= 0.6 is 11.6 Å². The minimum atomic E-state index is -3.81. The summed E-state index contributed by atoms with van der Waals surface area (Å²) in [6.07, 6.45) is 0.401. The molecule has 0 aliphatic carbocycles. The van der Waals surface area contributed by atoms with Gasteiger partial charge in [0.1, 0.15) is 5.76 Å². The van der Waals surface area contributed by atoms with E-state index in [1.165, 1.54) is 37.5 Å². The quantitative estimate of drug-likeness (QED) is 0.229. The maximum Gasteiger partial charge on any atom is 0.338 e. The Morgan fingerprint density at radius 1 is 1.05 bits per heavy atom. The van der Waals surface area contributed by atoms with Crippen molar-refractivity contribution < 1.29 is 27.2 Å². The molecule has 0 saturated carbocycles. The van der Waals surface area contributed by atoms with Crippen LogP contribution in [-0.4, -0.2) is 30.8 Å². The summed E-state index contributed by atoms with van der Waals surface area (Å²) in [5, 5.41) is 0.610. The number of Topliss-reactive ketones (excluding diaryl/α,β-unsaturated/α-hetero) is 1. The van der Waals surface area contributed by atoms with Crippen LogP contribution in [0.5, 0.6) is 0 Å². The minimum absolute atomic E-state index is 0.00259. The third-order valence-corrected chi connectivity index (χ3v) is 7.52. The van der Waals surface area contributed by atoms with Crippen molar-refractivity contribution in [2.24, 2.45) is 0 Å². The van der Waals surface area contributed by atoms with Crippen molar-refractivity contribution >= 4 is 33.4 Å². The van der Waals surface area contributed by atoms with E-state index in [4.69, 9.17) is 20.8 Å². The Hall–Kier alpha value is -3.66. The molecule has 0 radical (unpaired) electrons. The summed E-state index contributed by atoms with van der Waals surface area (Å²) in [4.78, 5) is 25.8. The molecule has 0 bridgehead atoms. The molecule has 0 aliphatic rings. The number of furan rings is 1. The molecule has 2 heterocycles. The average molecular weight is 541 g/mol. The van der Waals surface area contributed by atoms with Crippen molar-refractivity contribution in [3.05, 3.63) is 106 Å². The standard InChI is InChI=1S/C27H25ClN2O6S/c1-17-15-25(18(2)30(17)22-10-8-21(28)9-11-22)26(31)19(3)36-27(32)20-6-12-24(13-7-20)37(33,34)29-16-23-5-4-14-35-23/h4-15,19,29H,16H2,1-3H3/t19-/m0/s1. The van der Waals surface area contributed by atoms with Crippen molar-refractivity contribution in [1.82, 2.24) is 9.29 Å². The molecule has 1 atom stereocenters. The van der Waals surface area contributed by atoms with E-state index >= 15 is 0 Å². The molecular weight excluding hydrogens is 516 g/mol. The lowest BCUT2D eigenvalue weighted by molar-refractivity contribution is 0.0318. The predicted molar refractivity (Wildman–Crippen MR) is 139 cm³/mol. The molecule has 0 saturated heterocycles. The first kappa shape index (κ1) is 26.4. The molecule has 0 aliphatic heterocycles. The molecule has 0 unspecified atom stereocenters. The van der Waals surface area contributed by atoms with Gasteiger partial charge >= 0.3 is 5.97 Å². The van der Waals surface area contributed by atoms with Crippen LogP contribution in [0.25, 0.3) is 5.69 Å². The number of carbonyl (C=O) groups excluding carboxylic acids is 2. The molecule has 0 fully saturated rings. The molecule has 10 heteroatoms. The number of benzene rings is 2. The maximum absolute atomic E-state index is 13.1. The molecule has 192 valence electrons. The number of hydrogen-bond donors (Lipinski definition) is 1. The first-order valence-corrected chi connectivity index (χ1v) is 13.2. The van der Waals surface area contributed by atoms with Gasteiger partial charge in [0.25, 0.3) is 0 Å².